The first kappa shape index (κ1) is 33.1. The molecule has 0 amide bonds. The van der Waals surface area contributed by atoms with Gasteiger partial charge < -0.3 is 48.8 Å². The second kappa shape index (κ2) is 30.2. The smallest absolute Gasteiger partial charge is 0.119 e. The Morgan fingerprint density at radius 2 is 1.20 bits per heavy atom. The van der Waals surface area contributed by atoms with Gasteiger partial charge in [0.2, 0.25) is 0 Å². The van der Waals surface area contributed by atoms with Crippen LogP contribution in [0.15, 0.2) is 48.5 Å². The number of benzene rings is 2. The van der Waals surface area contributed by atoms with Crippen LogP contribution in [0.25, 0.3) is 0 Å². The van der Waals surface area contributed by atoms with Crippen molar-refractivity contribution in [1.82, 2.24) is 0 Å². The van der Waals surface area contributed by atoms with Gasteiger partial charge >= 0.3 is 0 Å². The minimum absolute atomic E-state index is 0.00535. The normalized spacial score (nSPS) is 40.5. The van der Waals surface area contributed by atoms with E-state index in [2.05, 4.69) is 0 Å². The topological polar surface area (TPSA) is 150 Å². The molecule has 0 radical (unpaired) electrons. The summed E-state index contributed by atoms with van der Waals surface area (Å²) < 4.78 is 181. The highest BCUT2D eigenvalue weighted by atomic mass is 28.2. The largest absolute Gasteiger partial charge is 0.491 e. The lowest BCUT2D eigenvalue weighted by molar-refractivity contribution is -0.0257. The number of fused-ring (bicyclic) bond motifs is 10. The molecule has 4 aliphatic heterocycles. The van der Waals surface area contributed by atoms with E-state index in [0.29, 0.717) is 112 Å². The van der Waals surface area contributed by atoms with Gasteiger partial charge in [0.15, 0.2) is 0 Å². The fraction of sp³-hybridized carbons (Fsp3) is 0.755. The van der Waals surface area contributed by atoms with Gasteiger partial charge in [0.25, 0.3) is 0 Å². The van der Waals surface area contributed by atoms with Crippen LogP contribution < -0.4 is 9.47 Å². The van der Waals surface area contributed by atoms with E-state index >= 15 is 0 Å². The van der Waals surface area contributed by atoms with Gasteiger partial charge in [0, 0.05) is 109 Å². The van der Waals surface area contributed by atoms with Gasteiger partial charge in [-0.25, -0.2) is 0 Å². The molecule has 376 valence electrons. The number of aliphatic hydroxyl groups excluding tert-OH is 4. The molecule has 0 spiro atoms. The predicted molar refractivity (Wildman–Crippen MR) is 294 cm³/mol. The van der Waals surface area contributed by atoms with Crippen molar-refractivity contribution in [2.75, 3.05) is 39.3 Å². The van der Waals surface area contributed by atoms with E-state index in [0.717, 1.165) is 73.4 Å². The van der Waals surface area contributed by atoms with Crippen molar-refractivity contribution in [3.8, 4) is 11.5 Å². The zero-order chi connectivity index (χ0) is 64.9. The number of epoxide rings is 4. The lowest BCUT2D eigenvalue weighted by Crippen LogP contribution is -2.33. The van der Waals surface area contributed by atoms with Crippen LogP contribution in [0.3, 0.4) is 0 Å². The summed E-state index contributed by atoms with van der Waals surface area (Å²) in [7, 11) is -22.2. The minimum Gasteiger partial charge on any atom is -0.491 e. The third-order valence-electron chi connectivity index (χ3n) is 13.8. The van der Waals surface area contributed by atoms with Crippen molar-refractivity contribution in [3.63, 3.8) is 0 Å². The molecule has 4 bridgehead atoms. The van der Waals surface area contributed by atoms with Crippen LogP contribution in [0.5, 0.6) is 11.5 Å². The molecule has 4 heterocycles. The van der Waals surface area contributed by atoms with Crippen LogP contribution in [0, 0.1) is 35.5 Å². The highest BCUT2D eigenvalue weighted by molar-refractivity contribution is 6.12. The van der Waals surface area contributed by atoms with Gasteiger partial charge in [-0.15, -0.1) is 0 Å². The average Bonchev–Trinajstić information content (AvgIpc) is 1.58. The quantitative estimate of drug-likeness (QED) is 0.0837. The molecular weight excluding hydrogens is 945 g/mol. The summed E-state index contributed by atoms with van der Waals surface area (Å²) in [5, 5.41) is 34.8. The molecular formula is C49H92O10Si7. The fourth-order valence-corrected chi connectivity index (χ4v) is 12.0. The molecule has 5 aliphatic carbocycles. The van der Waals surface area contributed by atoms with Gasteiger partial charge in [-0.3, -0.25) is 0 Å². The van der Waals surface area contributed by atoms with E-state index in [1.54, 1.807) is 0 Å². The first-order valence-electron chi connectivity index (χ1n) is 34.7. The Labute approximate surface area is 445 Å². The summed E-state index contributed by atoms with van der Waals surface area (Å²) >= 11 is 0. The summed E-state index contributed by atoms with van der Waals surface area (Å²) in [6, 6.07) is 16.6. The maximum atomic E-state index is 9.40. The summed E-state index contributed by atoms with van der Waals surface area (Å²) in [6.07, 6.45) is 9.99. The van der Waals surface area contributed by atoms with Gasteiger partial charge in [-0.05, 0) is 135 Å². The van der Waals surface area contributed by atoms with Crippen LogP contribution in [-0.2, 0) is 31.4 Å². The molecule has 11 rings (SSSR count). The standard InChI is InChI=1S/C11H16O2Si.C10H14O2Si.C9H16OSi.C8H18O2Si.C7H12OSi.C3H10OSi.CH6OSi/c14-6-5-9-1-3-10(4-2-9)12-7-11-8-13-11;13-7-8-1-3-9(4-2-8)11-5-10-6-12-10;11-2-1-5-3-6-4-7(5)9-8(6)10-9;9-7-2-1-6(3-4-11)5-8(7)10;9-5-2-3-1-4(5)7-6(3)8-7;4-2-1-3-5;2-1-3/h1-4,11H,5-8H2,14H3;1-4,10H,5-7H2,13H3;5-9H,1-4H2,11H3;6-10H,1-5H2,11H3;3-7H,1-2H2,9H3;4H,1-3H2,5H3;2H,1H2,3H3/i14T3;13T3;2*11T3;9T3;5T3;3T3. The molecule has 4 saturated heterocycles. The molecule has 10 nitrogen and oxygen atoms in total. The Morgan fingerprint density at radius 3 is 1.68 bits per heavy atom. The highest BCUT2D eigenvalue weighted by Gasteiger charge is 2.63. The highest BCUT2D eigenvalue weighted by Crippen LogP contribution is 2.60. The molecule has 5 saturated carbocycles. The monoisotopic (exact) mass is 1080 g/mol. The molecule has 66 heavy (non-hydrogen) atoms. The predicted octanol–water partition coefficient (Wildman–Crippen LogP) is -1.21. The van der Waals surface area contributed by atoms with Crippen molar-refractivity contribution in [3.05, 3.63) is 59.7 Å². The average molecular weight is 1080 g/mol. The first-order valence-corrected chi connectivity index (χ1v) is 29.1. The minimum atomic E-state index is -3.33. The number of aryl methyl sites for hydroxylation is 1. The zero-order valence-electron chi connectivity index (χ0n) is 59.6. The Kier molecular flexibility index (Phi) is 15.1. The summed E-state index contributed by atoms with van der Waals surface area (Å²) in [5.41, 5.74) is 2.00. The molecule has 0 aromatic heterocycles. The van der Waals surface area contributed by atoms with E-state index in [1.807, 2.05) is 48.5 Å². The molecule has 2 aromatic rings. The van der Waals surface area contributed by atoms with Crippen LogP contribution in [0.1, 0.15) is 75.3 Å². The van der Waals surface area contributed by atoms with Crippen LogP contribution in [0.4, 0.5) is 0 Å². The van der Waals surface area contributed by atoms with Gasteiger partial charge in [-0.1, -0.05) is 66.8 Å². The van der Waals surface area contributed by atoms with E-state index < -0.39 is 88.7 Å². The number of aliphatic hydroxyl groups is 4. The zero-order valence-corrected chi connectivity index (χ0v) is 45.6. The van der Waals surface area contributed by atoms with Crippen LogP contribution in [-0.4, -0.2) is 205 Å². The molecule has 15 atom stereocenters. The lowest BCUT2D eigenvalue weighted by atomic mass is 9.84. The fourth-order valence-electron chi connectivity index (χ4n) is 9.92. The van der Waals surface area contributed by atoms with Crippen LogP contribution in [0.2, 0.25) is 29.7 Å². The molecule has 4 N–H and O–H groups in total. The Morgan fingerprint density at radius 1 is 0.606 bits per heavy atom. The van der Waals surface area contributed by atoms with Crippen molar-refractivity contribution >= 4 is 70.3 Å². The summed E-state index contributed by atoms with van der Waals surface area (Å²) in [4.78, 5) is 0. The third-order valence-corrected chi connectivity index (χ3v) is 16.0. The van der Waals surface area contributed by atoms with Gasteiger partial charge in [-0.2, -0.15) is 0 Å². The number of hydrogen-bond acceptors (Lipinski definition) is 10. The second-order valence-corrected chi connectivity index (χ2v) is 22.1. The SMILES string of the molecule is [3H][Si]([3H])([3H])C1CC2CC1C1OC21.[3H][Si]([3H])([3H])CCC1CC2CC1C1OC21.[3H][Si]([3H])([3H])CCC1CCC(O)C(O)C1.[3H][Si]([3H])([3H])CCCO.[3H][Si]([3H])([3H])CCc1ccc(OCC2CO2)cc1.[3H][Si]([3H])([3H])CO.[3H][Si]([3H])([3H])Cc1ccc(OCC2CO2)cc1. The van der Waals surface area contributed by atoms with E-state index in [9.17, 15) is 10.2 Å². The maximum absolute atomic E-state index is 9.40. The Hall–Kier alpha value is -0.762. The van der Waals surface area contributed by atoms with Crippen molar-refractivity contribution in [2.24, 2.45) is 35.5 Å². The Bertz CT molecular complexity index is 2320. The number of rotatable bonds is 22. The maximum Gasteiger partial charge on any atom is 0.119 e. The van der Waals surface area contributed by atoms with Crippen molar-refractivity contribution in [2.45, 2.75) is 155 Å². The molecule has 2 aromatic carbocycles. The van der Waals surface area contributed by atoms with Gasteiger partial charge in [0.05, 0.1) is 49.8 Å². The first-order chi connectivity index (χ1) is 40.2. The lowest BCUT2D eigenvalue weighted by Gasteiger charge is -2.29. The molecule has 9 aliphatic rings. The third kappa shape index (κ3) is 19.1. The van der Waals surface area contributed by atoms with E-state index in [4.69, 9.17) is 64.6 Å². The van der Waals surface area contributed by atoms with Gasteiger partial charge in [0.1, 0.15) is 36.9 Å². The molecule has 9 fully saturated rings. The summed E-state index contributed by atoms with van der Waals surface area (Å²) in [6.45, 7) is 2.75. The summed E-state index contributed by atoms with van der Waals surface area (Å²) in [5.74, 6) is 5.09. The molecule has 17 heteroatoms. The van der Waals surface area contributed by atoms with E-state index in [1.165, 1.54) is 12.8 Å². The van der Waals surface area contributed by atoms with Crippen molar-refractivity contribution < 1.29 is 48.8 Å². The second-order valence-electron chi connectivity index (χ2n) is 18.7. The molecule has 15 unspecified atom stereocenters. The number of ether oxygens (including phenoxy) is 6. The number of hydrogen-bond donors (Lipinski definition) is 4. The van der Waals surface area contributed by atoms with Crippen LogP contribution >= 0.6 is 0 Å². The van der Waals surface area contributed by atoms with Crippen molar-refractivity contribution in [1.29, 1.82) is 25.9 Å². The Balaban J connectivity index is 0.000000189. The van der Waals surface area contributed by atoms with E-state index in [-0.39, 0.29) is 36.4 Å².